The lowest BCUT2D eigenvalue weighted by Gasteiger charge is -2.11. The number of aromatic nitrogens is 1. The number of carbonyl (C=O) groups is 2. The first-order valence-electron chi connectivity index (χ1n) is 5.52. The van der Waals surface area contributed by atoms with Crippen molar-refractivity contribution in [2.24, 2.45) is 0 Å². The Labute approximate surface area is 129 Å². The van der Waals surface area contributed by atoms with Crippen molar-refractivity contribution >= 4 is 52.4 Å². The molecular weight excluding hydrogens is 330 g/mol. The van der Waals surface area contributed by atoms with E-state index in [0.29, 0.717) is 0 Å². The average molecular weight is 340 g/mol. The van der Waals surface area contributed by atoms with Crippen LogP contribution in [0, 0.1) is 0 Å². The highest BCUT2D eigenvalue weighted by Gasteiger charge is 2.36. The molecule has 0 aliphatic carbocycles. The molecule has 1 aliphatic heterocycles. The third-order valence-electron chi connectivity index (χ3n) is 2.64. The van der Waals surface area contributed by atoms with E-state index in [1.54, 1.807) is 6.92 Å². The first kappa shape index (κ1) is 15.2. The summed E-state index contributed by atoms with van der Waals surface area (Å²) in [5.74, 6) is -1.54. The fraction of sp³-hybridized carbons (Fsp3) is 0.364. The Hall–Kier alpha value is -1.24. The number of hydrogen-bond donors (Lipinski definition) is 1. The van der Waals surface area contributed by atoms with Gasteiger partial charge >= 0.3 is 11.9 Å². The normalized spacial score (nSPS) is 21.7. The second-order valence-electron chi connectivity index (χ2n) is 4.17. The summed E-state index contributed by atoms with van der Waals surface area (Å²) in [5.41, 5.74) is 5.21. The Balaban J connectivity index is 2.24. The summed E-state index contributed by atoms with van der Waals surface area (Å²) in [6.07, 6.45) is -1.05. The molecule has 0 amide bonds. The first-order valence-corrected chi connectivity index (χ1v) is 6.66. The maximum absolute atomic E-state index is 12.0. The molecule has 1 fully saturated rings. The zero-order valence-corrected chi connectivity index (χ0v) is 12.4. The van der Waals surface area contributed by atoms with Gasteiger partial charge in [0.2, 0.25) is 6.10 Å². The third kappa shape index (κ3) is 2.77. The van der Waals surface area contributed by atoms with E-state index in [9.17, 15) is 9.59 Å². The zero-order chi connectivity index (χ0) is 15.0. The van der Waals surface area contributed by atoms with Crippen LogP contribution >= 0.6 is 34.8 Å². The van der Waals surface area contributed by atoms with Crippen molar-refractivity contribution in [3.05, 3.63) is 20.9 Å². The molecule has 20 heavy (non-hydrogen) atoms. The Morgan fingerprint density at radius 3 is 2.60 bits per heavy atom. The van der Waals surface area contributed by atoms with E-state index >= 15 is 0 Å². The fourth-order valence-corrected chi connectivity index (χ4v) is 2.25. The number of nitrogen functional groups attached to an aromatic ring is 1. The van der Waals surface area contributed by atoms with Crippen molar-refractivity contribution in [2.75, 3.05) is 5.73 Å². The minimum absolute atomic E-state index is 0.0536. The van der Waals surface area contributed by atoms with Gasteiger partial charge in [0, 0.05) is 6.42 Å². The van der Waals surface area contributed by atoms with Crippen LogP contribution in [0.2, 0.25) is 15.2 Å². The lowest BCUT2D eigenvalue weighted by molar-refractivity contribution is -0.147. The molecule has 1 aromatic rings. The molecular formula is C11H9Cl3N2O4. The lowest BCUT2D eigenvalue weighted by atomic mass is 10.2. The number of nitrogens with zero attached hydrogens (tertiary/aromatic N) is 1. The molecule has 2 N–H and O–H groups in total. The fourth-order valence-electron chi connectivity index (χ4n) is 1.67. The summed E-state index contributed by atoms with van der Waals surface area (Å²) in [4.78, 5) is 27.1. The van der Waals surface area contributed by atoms with Gasteiger partial charge in [0.15, 0.2) is 10.8 Å². The van der Waals surface area contributed by atoms with E-state index in [4.69, 9.17) is 50.0 Å². The first-order chi connectivity index (χ1) is 9.31. The predicted octanol–water partition coefficient (Wildman–Crippen LogP) is 2.48. The standard InChI is InChI=1S/C11H9Cl3N2O4/c1-3-2-4(10(17)19-3)20-11(18)8-5(12)7(15)6(13)9(14)16-8/h3-4H,2H2,1H3,(H2,15,16)/t3-,4-/m1/s1. The molecule has 9 heteroatoms. The molecule has 0 bridgehead atoms. The molecule has 0 unspecified atom stereocenters. The second kappa shape index (κ2) is 5.63. The molecule has 1 aromatic heterocycles. The van der Waals surface area contributed by atoms with Gasteiger partial charge in [-0.05, 0) is 6.92 Å². The molecule has 6 nitrogen and oxygen atoms in total. The number of carbonyl (C=O) groups excluding carboxylic acids is 2. The topological polar surface area (TPSA) is 91.5 Å². The van der Waals surface area contributed by atoms with Crippen LogP contribution in [-0.4, -0.2) is 29.1 Å². The molecule has 1 aliphatic rings. The van der Waals surface area contributed by atoms with Crippen molar-refractivity contribution in [1.29, 1.82) is 0 Å². The second-order valence-corrected chi connectivity index (χ2v) is 5.28. The highest BCUT2D eigenvalue weighted by Crippen LogP contribution is 2.34. The molecule has 0 saturated carbocycles. The molecule has 0 aromatic carbocycles. The maximum Gasteiger partial charge on any atom is 0.359 e. The van der Waals surface area contributed by atoms with Gasteiger partial charge in [0.05, 0.1) is 10.7 Å². The predicted molar refractivity (Wildman–Crippen MR) is 73.1 cm³/mol. The summed E-state index contributed by atoms with van der Waals surface area (Å²) < 4.78 is 9.86. The van der Waals surface area contributed by atoms with Gasteiger partial charge in [-0.25, -0.2) is 14.6 Å². The van der Waals surface area contributed by atoms with Crippen molar-refractivity contribution in [2.45, 2.75) is 25.6 Å². The summed E-state index contributed by atoms with van der Waals surface area (Å²) in [5, 5.41) is -0.409. The third-order valence-corrected chi connectivity index (χ3v) is 3.78. The molecule has 2 heterocycles. The lowest BCUT2D eigenvalue weighted by Crippen LogP contribution is -2.23. The van der Waals surface area contributed by atoms with Gasteiger partial charge in [0.1, 0.15) is 11.1 Å². The minimum Gasteiger partial charge on any atom is -0.460 e. The van der Waals surface area contributed by atoms with Crippen LogP contribution in [0.4, 0.5) is 5.69 Å². The Morgan fingerprint density at radius 2 is 2.05 bits per heavy atom. The van der Waals surface area contributed by atoms with E-state index in [-0.39, 0.29) is 39.1 Å². The van der Waals surface area contributed by atoms with Crippen molar-refractivity contribution < 1.29 is 19.1 Å². The average Bonchev–Trinajstić information content (AvgIpc) is 2.69. The van der Waals surface area contributed by atoms with Gasteiger partial charge in [0.25, 0.3) is 0 Å². The molecule has 108 valence electrons. The number of ether oxygens (including phenoxy) is 2. The van der Waals surface area contributed by atoms with Crippen LogP contribution in [0.3, 0.4) is 0 Å². The highest BCUT2D eigenvalue weighted by atomic mass is 35.5. The molecule has 0 radical (unpaired) electrons. The largest absolute Gasteiger partial charge is 0.460 e. The van der Waals surface area contributed by atoms with Gasteiger partial charge in [-0.15, -0.1) is 0 Å². The number of hydrogen-bond acceptors (Lipinski definition) is 6. The van der Waals surface area contributed by atoms with E-state index in [2.05, 4.69) is 4.98 Å². The van der Waals surface area contributed by atoms with Crippen LogP contribution in [0.25, 0.3) is 0 Å². The van der Waals surface area contributed by atoms with Gasteiger partial charge in [-0.3, -0.25) is 0 Å². The van der Waals surface area contributed by atoms with Gasteiger partial charge in [-0.2, -0.15) is 0 Å². The van der Waals surface area contributed by atoms with E-state index in [1.165, 1.54) is 0 Å². The van der Waals surface area contributed by atoms with Crippen molar-refractivity contribution in [1.82, 2.24) is 4.98 Å². The quantitative estimate of drug-likeness (QED) is 0.657. The number of nitrogens with two attached hydrogens (primary N) is 1. The number of rotatable bonds is 2. The Kier molecular flexibility index (Phi) is 4.27. The van der Waals surface area contributed by atoms with E-state index in [1.807, 2.05) is 0 Å². The SMILES string of the molecule is C[C@@H]1C[C@@H](OC(=O)c2nc(Cl)c(Cl)c(N)c2Cl)C(=O)O1. The van der Waals surface area contributed by atoms with Gasteiger partial charge < -0.3 is 15.2 Å². The summed E-state index contributed by atoms with van der Waals surface area (Å²) in [6.45, 7) is 1.69. The van der Waals surface area contributed by atoms with Crippen LogP contribution in [0.5, 0.6) is 0 Å². The van der Waals surface area contributed by atoms with E-state index in [0.717, 1.165) is 0 Å². The van der Waals surface area contributed by atoms with Crippen molar-refractivity contribution in [3.63, 3.8) is 0 Å². The van der Waals surface area contributed by atoms with Crippen LogP contribution in [0.15, 0.2) is 0 Å². The number of anilines is 1. The monoisotopic (exact) mass is 338 g/mol. The number of cyclic esters (lactones) is 1. The van der Waals surface area contributed by atoms with Crippen molar-refractivity contribution in [3.8, 4) is 0 Å². The summed E-state index contributed by atoms with van der Waals surface area (Å²) in [6, 6.07) is 0. The summed E-state index contributed by atoms with van der Waals surface area (Å²) >= 11 is 17.3. The van der Waals surface area contributed by atoms with Gasteiger partial charge in [-0.1, -0.05) is 34.8 Å². The molecule has 1 saturated heterocycles. The van der Waals surface area contributed by atoms with Crippen LogP contribution in [0.1, 0.15) is 23.8 Å². The van der Waals surface area contributed by atoms with Crippen LogP contribution < -0.4 is 5.73 Å². The molecule has 0 spiro atoms. The number of esters is 2. The number of pyridine rings is 1. The Morgan fingerprint density at radius 1 is 1.40 bits per heavy atom. The highest BCUT2D eigenvalue weighted by molar-refractivity contribution is 6.46. The Bertz CT molecular complexity index is 594. The smallest absolute Gasteiger partial charge is 0.359 e. The molecule has 2 atom stereocenters. The summed E-state index contributed by atoms with van der Waals surface area (Å²) in [7, 11) is 0. The zero-order valence-electron chi connectivity index (χ0n) is 10.2. The minimum atomic E-state index is -0.994. The number of halogens is 3. The van der Waals surface area contributed by atoms with E-state index < -0.39 is 18.0 Å². The van der Waals surface area contributed by atoms with Crippen LogP contribution in [-0.2, 0) is 14.3 Å². The maximum atomic E-state index is 12.0. The molecule has 2 rings (SSSR count).